The molecule has 0 saturated carbocycles. The van der Waals surface area contributed by atoms with E-state index in [1.165, 1.54) is 0 Å². The second-order valence-corrected chi connectivity index (χ2v) is 6.81. The van der Waals surface area contributed by atoms with Crippen molar-refractivity contribution < 1.29 is 4.79 Å². The Morgan fingerprint density at radius 3 is 2.56 bits per heavy atom. The van der Waals surface area contributed by atoms with E-state index in [4.69, 9.17) is 0 Å². The molecule has 4 heteroatoms. The number of carbonyl (C=O) groups excluding carboxylic acids is 1. The Hall–Kier alpha value is -3.40. The molecule has 1 atom stereocenters. The van der Waals surface area contributed by atoms with Crippen molar-refractivity contribution >= 4 is 16.9 Å². The molecule has 0 aliphatic carbocycles. The Morgan fingerprint density at radius 1 is 0.963 bits per heavy atom. The SMILES string of the molecule is Cc1ccc(C(=O)NC(c2ccccc2)c2ccc3nc[nH]c3c2)c(C)c1. The minimum Gasteiger partial charge on any atom is -0.345 e. The van der Waals surface area contributed by atoms with Crippen molar-refractivity contribution in [2.24, 2.45) is 0 Å². The molecule has 0 aliphatic rings. The summed E-state index contributed by atoms with van der Waals surface area (Å²) in [6.45, 7) is 4.00. The molecule has 2 N–H and O–H groups in total. The molecule has 0 spiro atoms. The van der Waals surface area contributed by atoms with Gasteiger partial charge < -0.3 is 10.3 Å². The molecule has 4 rings (SSSR count). The Balaban J connectivity index is 1.73. The summed E-state index contributed by atoms with van der Waals surface area (Å²) in [6, 6.07) is 21.7. The highest BCUT2D eigenvalue weighted by Crippen LogP contribution is 2.25. The van der Waals surface area contributed by atoms with Gasteiger partial charge in [0, 0.05) is 5.56 Å². The third-order valence-electron chi connectivity index (χ3n) is 4.81. The van der Waals surface area contributed by atoms with Gasteiger partial charge in [0.2, 0.25) is 0 Å². The highest BCUT2D eigenvalue weighted by molar-refractivity contribution is 5.96. The topological polar surface area (TPSA) is 57.8 Å². The maximum atomic E-state index is 13.0. The number of H-pyrrole nitrogens is 1. The number of aryl methyl sites for hydroxylation is 2. The van der Waals surface area contributed by atoms with Gasteiger partial charge >= 0.3 is 0 Å². The van der Waals surface area contributed by atoms with Crippen LogP contribution in [-0.4, -0.2) is 15.9 Å². The van der Waals surface area contributed by atoms with Crippen molar-refractivity contribution in [1.82, 2.24) is 15.3 Å². The van der Waals surface area contributed by atoms with Crippen LogP contribution >= 0.6 is 0 Å². The molecule has 3 aromatic carbocycles. The quantitative estimate of drug-likeness (QED) is 0.557. The predicted octanol–water partition coefficient (Wildman–Crippen LogP) is 4.70. The van der Waals surface area contributed by atoms with Crippen LogP contribution < -0.4 is 5.32 Å². The van der Waals surface area contributed by atoms with Gasteiger partial charge in [-0.1, -0.05) is 54.1 Å². The van der Waals surface area contributed by atoms with Crippen molar-refractivity contribution in [3.05, 3.63) is 101 Å². The molecule has 0 bridgehead atoms. The number of imidazole rings is 1. The number of nitrogens with zero attached hydrogens (tertiary/aromatic N) is 1. The van der Waals surface area contributed by atoms with Crippen LogP contribution in [0.15, 0.2) is 73.1 Å². The maximum absolute atomic E-state index is 13.0. The third kappa shape index (κ3) is 3.47. The summed E-state index contributed by atoms with van der Waals surface area (Å²) < 4.78 is 0. The summed E-state index contributed by atoms with van der Waals surface area (Å²) in [5.41, 5.74) is 6.73. The van der Waals surface area contributed by atoms with Crippen LogP contribution in [0, 0.1) is 13.8 Å². The zero-order valence-electron chi connectivity index (χ0n) is 15.4. The lowest BCUT2D eigenvalue weighted by molar-refractivity contribution is 0.0942. The van der Waals surface area contributed by atoms with Gasteiger partial charge in [-0.25, -0.2) is 4.98 Å². The Bertz CT molecular complexity index is 1100. The van der Waals surface area contributed by atoms with Gasteiger partial charge in [-0.3, -0.25) is 4.79 Å². The number of carbonyl (C=O) groups is 1. The standard InChI is InChI=1S/C23H21N3O/c1-15-8-10-19(16(2)12-15)23(27)26-22(17-6-4-3-5-7-17)18-9-11-20-21(13-18)25-14-24-20/h3-14,22H,1-2H3,(H,24,25)(H,26,27). The number of hydrogen-bond donors (Lipinski definition) is 2. The molecule has 1 unspecified atom stereocenters. The van der Waals surface area contributed by atoms with Crippen LogP contribution in [0.25, 0.3) is 11.0 Å². The molecule has 1 aromatic heterocycles. The van der Waals surface area contributed by atoms with Gasteiger partial charge in [0.15, 0.2) is 0 Å². The van der Waals surface area contributed by atoms with E-state index in [0.717, 1.165) is 33.3 Å². The molecule has 0 aliphatic heterocycles. The zero-order chi connectivity index (χ0) is 18.8. The summed E-state index contributed by atoms with van der Waals surface area (Å²) in [7, 11) is 0. The molecule has 134 valence electrons. The Kier molecular flexibility index (Phi) is 4.47. The van der Waals surface area contributed by atoms with E-state index >= 15 is 0 Å². The maximum Gasteiger partial charge on any atom is 0.252 e. The summed E-state index contributed by atoms with van der Waals surface area (Å²) in [4.78, 5) is 20.4. The average molecular weight is 355 g/mol. The summed E-state index contributed by atoms with van der Waals surface area (Å²) in [5.74, 6) is -0.0777. The van der Waals surface area contributed by atoms with E-state index < -0.39 is 0 Å². The largest absolute Gasteiger partial charge is 0.345 e. The van der Waals surface area contributed by atoms with E-state index in [0.29, 0.717) is 5.56 Å². The van der Waals surface area contributed by atoms with Gasteiger partial charge in [-0.2, -0.15) is 0 Å². The summed E-state index contributed by atoms with van der Waals surface area (Å²) in [5, 5.41) is 3.21. The van der Waals surface area contributed by atoms with E-state index in [-0.39, 0.29) is 11.9 Å². The minimum atomic E-state index is -0.243. The van der Waals surface area contributed by atoms with E-state index in [1.807, 2.05) is 80.6 Å². The molecule has 4 aromatic rings. The summed E-state index contributed by atoms with van der Waals surface area (Å²) >= 11 is 0. The second kappa shape index (κ2) is 7.08. The fourth-order valence-electron chi connectivity index (χ4n) is 3.41. The Morgan fingerprint density at radius 2 is 1.78 bits per heavy atom. The number of fused-ring (bicyclic) bond motifs is 1. The smallest absolute Gasteiger partial charge is 0.252 e. The molecule has 0 saturated heterocycles. The van der Waals surface area contributed by atoms with E-state index in [9.17, 15) is 4.79 Å². The molecule has 1 amide bonds. The summed E-state index contributed by atoms with van der Waals surface area (Å²) in [6.07, 6.45) is 1.68. The van der Waals surface area contributed by atoms with E-state index in [2.05, 4.69) is 15.3 Å². The lowest BCUT2D eigenvalue weighted by Gasteiger charge is -2.21. The monoisotopic (exact) mass is 355 g/mol. The lowest BCUT2D eigenvalue weighted by Crippen LogP contribution is -2.29. The number of aromatic nitrogens is 2. The second-order valence-electron chi connectivity index (χ2n) is 6.81. The first kappa shape index (κ1) is 17.0. The molecule has 0 fully saturated rings. The van der Waals surface area contributed by atoms with Crippen molar-refractivity contribution in [3.63, 3.8) is 0 Å². The van der Waals surface area contributed by atoms with Gasteiger partial charge in [-0.05, 0) is 48.7 Å². The number of amides is 1. The zero-order valence-corrected chi connectivity index (χ0v) is 15.4. The van der Waals surface area contributed by atoms with Crippen LogP contribution in [0.1, 0.15) is 38.7 Å². The van der Waals surface area contributed by atoms with Gasteiger partial charge in [0.05, 0.1) is 23.4 Å². The minimum absolute atomic E-state index is 0.0777. The number of rotatable bonds is 4. The van der Waals surface area contributed by atoms with Crippen LogP contribution in [-0.2, 0) is 0 Å². The normalized spacial score (nSPS) is 12.1. The number of benzene rings is 3. The third-order valence-corrected chi connectivity index (χ3v) is 4.81. The predicted molar refractivity (Wildman–Crippen MR) is 108 cm³/mol. The molecule has 4 nitrogen and oxygen atoms in total. The molecular weight excluding hydrogens is 334 g/mol. The first-order chi connectivity index (χ1) is 13.1. The van der Waals surface area contributed by atoms with Gasteiger partial charge in [0.25, 0.3) is 5.91 Å². The van der Waals surface area contributed by atoms with Crippen LogP contribution in [0.5, 0.6) is 0 Å². The molecule has 1 heterocycles. The number of nitrogens with one attached hydrogen (secondary N) is 2. The van der Waals surface area contributed by atoms with Crippen LogP contribution in [0.2, 0.25) is 0 Å². The van der Waals surface area contributed by atoms with Gasteiger partial charge in [-0.15, -0.1) is 0 Å². The van der Waals surface area contributed by atoms with Crippen LogP contribution in [0.4, 0.5) is 0 Å². The highest BCUT2D eigenvalue weighted by Gasteiger charge is 2.19. The molecule has 0 radical (unpaired) electrons. The Labute approximate surface area is 158 Å². The molecular formula is C23H21N3O. The van der Waals surface area contributed by atoms with E-state index in [1.54, 1.807) is 6.33 Å². The van der Waals surface area contributed by atoms with Crippen molar-refractivity contribution in [1.29, 1.82) is 0 Å². The highest BCUT2D eigenvalue weighted by atomic mass is 16.1. The van der Waals surface area contributed by atoms with Gasteiger partial charge in [0.1, 0.15) is 0 Å². The lowest BCUT2D eigenvalue weighted by atomic mass is 9.97. The first-order valence-electron chi connectivity index (χ1n) is 8.98. The number of hydrogen-bond acceptors (Lipinski definition) is 2. The molecule has 27 heavy (non-hydrogen) atoms. The van der Waals surface area contributed by atoms with Crippen molar-refractivity contribution in [2.45, 2.75) is 19.9 Å². The first-order valence-corrected chi connectivity index (χ1v) is 8.98. The van der Waals surface area contributed by atoms with Crippen LogP contribution in [0.3, 0.4) is 0 Å². The fraction of sp³-hybridized carbons (Fsp3) is 0.130. The average Bonchev–Trinajstić information content (AvgIpc) is 3.14. The fourth-order valence-corrected chi connectivity index (χ4v) is 3.41. The van der Waals surface area contributed by atoms with Crippen molar-refractivity contribution in [3.8, 4) is 0 Å². The van der Waals surface area contributed by atoms with Crippen molar-refractivity contribution in [2.75, 3.05) is 0 Å². The number of aromatic amines is 1.